The summed E-state index contributed by atoms with van der Waals surface area (Å²) in [4.78, 5) is 55.6. The molecule has 4 aromatic rings. The van der Waals surface area contributed by atoms with Gasteiger partial charge in [-0.2, -0.15) is 0 Å². The van der Waals surface area contributed by atoms with E-state index in [9.17, 15) is 34.5 Å². The van der Waals surface area contributed by atoms with Crippen LogP contribution in [-0.2, 0) is 35.8 Å². The van der Waals surface area contributed by atoms with Gasteiger partial charge in [0.15, 0.2) is 0 Å². The molecule has 0 radical (unpaired) electrons. The number of aryl methyl sites for hydroxylation is 2. The van der Waals surface area contributed by atoms with E-state index in [1.807, 2.05) is 0 Å². The second-order valence-corrected chi connectivity index (χ2v) is 11.3. The number of hydrogen-bond acceptors (Lipinski definition) is 12. The van der Waals surface area contributed by atoms with Crippen molar-refractivity contribution in [3.8, 4) is 11.5 Å². The molecule has 0 bridgehead atoms. The second kappa shape index (κ2) is 8.68. The summed E-state index contributed by atoms with van der Waals surface area (Å²) in [7, 11) is 1.05. The summed E-state index contributed by atoms with van der Waals surface area (Å²) in [6.07, 6.45) is -0.281. The fraction of sp³-hybridized carbons (Fsp3) is 0.355. The van der Waals surface area contributed by atoms with Gasteiger partial charge < -0.3 is 38.4 Å². The van der Waals surface area contributed by atoms with E-state index in [0.717, 1.165) is 7.11 Å². The minimum Gasteiger partial charge on any atom is -0.507 e. The van der Waals surface area contributed by atoms with Crippen LogP contribution in [0.2, 0.25) is 0 Å². The summed E-state index contributed by atoms with van der Waals surface area (Å²) < 4.78 is 28.7. The van der Waals surface area contributed by atoms with Gasteiger partial charge in [0, 0.05) is 23.8 Å². The fourth-order valence-corrected chi connectivity index (χ4v) is 7.38. The Kier molecular flexibility index (Phi) is 5.48. The first-order valence-corrected chi connectivity index (χ1v) is 13.7. The first-order chi connectivity index (χ1) is 20.4. The molecule has 1 aliphatic heterocycles. The zero-order valence-corrected chi connectivity index (χ0v) is 23.5. The largest absolute Gasteiger partial charge is 0.507 e. The standard InChI is InChI=1S/C31H26O12/c1-5-40-29(37)31(38)13-10-18-21(25(34)19-14(32)6-11(2)8-16(19)41-18)22-23(13)30(43-31,28(36)39-4)24-26(35)20-15(33)7-12(3)9-17(20)42-27(22)24/h6-9,13,22-23,32-33,38H,5,10H2,1-4H3/t13-,22+,23-,30-,31?/m0/s1. The number of ether oxygens (including phenoxy) is 3. The zero-order valence-electron chi connectivity index (χ0n) is 23.5. The number of esters is 2. The molecule has 12 nitrogen and oxygen atoms in total. The van der Waals surface area contributed by atoms with Gasteiger partial charge in [-0.1, -0.05) is 0 Å². The Morgan fingerprint density at radius 1 is 0.953 bits per heavy atom. The molecule has 2 aromatic heterocycles. The van der Waals surface area contributed by atoms with Crippen molar-refractivity contribution in [2.24, 2.45) is 11.8 Å². The maximum absolute atomic E-state index is 14.3. The molecule has 3 N–H and O–H groups in total. The Morgan fingerprint density at radius 3 is 2.16 bits per heavy atom. The number of hydrogen-bond donors (Lipinski definition) is 3. The van der Waals surface area contributed by atoms with Crippen molar-refractivity contribution < 1.29 is 48.0 Å². The van der Waals surface area contributed by atoms with Crippen LogP contribution in [0.25, 0.3) is 21.9 Å². The van der Waals surface area contributed by atoms with Gasteiger partial charge in [0.1, 0.15) is 45.0 Å². The zero-order chi connectivity index (χ0) is 30.7. The highest BCUT2D eigenvalue weighted by atomic mass is 16.7. The topological polar surface area (TPSA) is 183 Å². The average Bonchev–Trinajstić information content (AvgIpc) is 3.37. The number of carbonyl (C=O) groups is 2. The third-order valence-corrected chi connectivity index (χ3v) is 8.89. The molecule has 0 amide bonds. The quantitative estimate of drug-likeness (QED) is 0.297. The minimum absolute atomic E-state index is 0.0192. The van der Waals surface area contributed by atoms with Gasteiger partial charge in [-0.3, -0.25) is 9.59 Å². The highest BCUT2D eigenvalue weighted by molar-refractivity contribution is 5.92. The molecule has 2 aromatic carbocycles. The van der Waals surface area contributed by atoms with E-state index in [1.54, 1.807) is 19.9 Å². The number of fused-ring (bicyclic) bond motifs is 7. The fourth-order valence-electron chi connectivity index (χ4n) is 7.38. The minimum atomic E-state index is -2.78. The van der Waals surface area contributed by atoms with E-state index in [1.165, 1.54) is 25.1 Å². The third-order valence-electron chi connectivity index (χ3n) is 8.89. The molecular formula is C31H26O12. The van der Waals surface area contributed by atoms with E-state index < -0.39 is 63.3 Å². The highest BCUT2D eigenvalue weighted by Gasteiger charge is 2.78. The average molecular weight is 591 g/mol. The summed E-state index contributed by atoms with van der Waals surface area (Å²) in [5.41, 5.74) is -3.20. The first-order valence-electron chi connectivity index (χ1n) is 13.7. The van der Waals surface area contributed by atoms with Crippen molar-refractivity contribution in [3.63, 3.8) is 0 Å². The Balaban J connectivity index is 1.66. The van der Waals surface area contributed by atoms with E-state index >= 15 is 0 Å². The first kappa shape index (κ1) is 27.2. The number of rotatable bonds is 3. The van der Waals surface area contributed by atoms with Gasteiger partial charge in [-0.05, 0) is 56.2 Å². The van der Waals surface area contributed by atoms with Crippen LogP contribution in [0, 0.1) is 25.7 Å². The predicted molar refractivity (Wildman–Crippen MR) is 147 cm³/mol. The molecule has 3 heterocycles. The van der Waals surface area contributed by atoms with Crippen LogP contribution in [0.15, 0.2) is 42.7 Å². The van der Waals surface area contributed by atoms with Crippen molar-refractivity contribution in [1.82, 2.24) is 0 Å². The Morgan fingerprint density at radius 2 is 1.56 bits per heavy atom. The van der Waals surface area contributed by atoms with Crippen LogP contribution in [-0.4, -0.2) is 46.8 Å². The number of methoxy groups -OCH3 is 1. The van der Waals surface area contributed by atoms with E-state index in [2.05, 4.69) is 0 Å². The molecule has 5 atom stereocenters. The van der Waals surface area contributed by atoms with Crippen molar-refractivity contribution in [1.29, 1.82) is 0 Å². The van der Waals surface area contributed by atoms with Crippen LogP contribution in [0.1, 0.15) is 46.6 Å². The molecule has 12 heteroatoms. The number of carbonyl (C=O) groups excluding carboxylic acids is 2. The molecule has 1 unspecified atom stereocenters. The molecule has 3 aliphatic rings. The third kappa shape index (κ3) is 3.22. The van der Waals surface area contributed by atoms with Crippen LogP contribution >= 0.6 is 0 Å². The molecule has 0 spiro atoms. The molecule has 222 valence electrons. The highest BCUT2D eigenvalue weighted by Crippen LogP contribution is 2.67. The monoisotopic (exact) mass is 590 g/mol. The van der Waals surface area contributed by atoms with Gasteiger partial charge in [0.25, 0.3) is 5.79 Å². The summed E-state index contributed by atoms with van der Waals surface area (Å²) in [5.74, 6) is -9.83. The molecule has 1 saturated heterocycles. The van der Waals surface area contributed by atoms with Gasteiger partial charge in [-0.15, -0.1) is 0 Å². The molecule has 43 heavy (non-hydrogen) atoms. The lowest BCUT2D eigenvalue weighted by Crippen LogP contribution is -2.50. The predicted octanol–water partition coefficient (Wildman–Crippen LogP) is 2.51. The Bertz CT molecular complexity index is 2050. The van der Waals surface area contributed by atoms with Crippen LogP contribution in [0.3, 0.4) is 0 Å². The van der Waals surface area contributed by atoms with Crippen molar-refractivity contribution in [2.45, 2.75) is 44.5 Å². The number of aliphatic hydroxyl groups is 1. The van der Waals surface area contributed by atoms with E-state index in [4.69, 9.17) is 23.0 Å². The molecular weight excluding hydrogens is 564 g/mol. The van der Waals surface area contributed by atoms with Crippen LogP contribution in [0.4, 0.5) is 0 Å². The lowest BCUT2D eigenvalue weighted by Gasteiger charge is -2.35. The van der Waals surface area contributed by atoms with Gasteiger partial charge in [-0.25, -0.2) is 9.59 Å². The summed E-state index contributed by atoms with van der Waals surface area (Å²) >= 11 is 0. The van der Waals surface area contributed by atoms with Gasteiger partial charge >= 0.3 is 11.9 Å². The summed E-state index contributed by atoms with van der Waals surface area (Å²) in [6, 6.07) is 5.82. The number of phenolic OH excluding ortho intramolecular Hbond substituents is 2. The van der Waals surface area contributed by atoms with Crippen molar-refractivity contribution >= 4 is 33.9 Å². The van der Waals surface area contributed by atoms with E-state index in [0.29, 0.717) is 11.1 Å². The van der Waals surface area contributed by atoms with Crippen LogP contribution < -0.4 is 10.9 Å². The Hall–Kier alpha value is -4.68. The van der Waals surface area contributed by atoms with Crippen molar-refractivity contribution in [2.75, 3.05) is 13.7 Å². The van der Waals surface area contributed by atoms with Gasteiger partial charge in [0.05, 0.1) is 25.2 Å². The van der Waals surface area contributed by atoms with E-state index in [-0.39, 0.29) is 57.8 Å². The lowest BCUT2D eigenvalue weighted by atomic mass is 9.66. The molecule has 1 fully saturated rings. The van der Waals surface area contributed by atoms with Gasteiger partial charge in [0.2, 0.25) is 16.5 Å². The number of benzene rings is 2. The summed E-state index contributed by atoms with van der Waals surface area (Å²) in [5, 5.41) is 33.0. The maximum Gasteiger partial charge on any atom is 0.367 e. The molecule has 7 rings (SSSR count). The SMILES string of the molecule is CCOC(=O)C1(O)O[C@]2(C(=O)OC)c3c(oc4cc(C)cc(O)c4c3=O)[C@@H]3c4c(oc5cc(C)cc(O)c5c4=O)C[C@H]1[C@@H]32. The normalized spacial score (nSPS) is 26.7. The maximum atomic E-state index is 14.3. The van der Waals surface area contributed by atoms with Crippen molar-refractivity contribution in [3.05, 3.63) is 78.5 Å². The molecule has 2 aliphatic carbocycles. The number of phenols is 2. The number of aromatic hydroxyl groups is 2. The Labute approximate surface area is 242 Å². The lowest BCUT2D eigenvalue weighted by molar-refractivity contribution is -0.253. The van der Waals surface area contributed by atoms with Crippen LogP contribution in [0.5, 0.6) is 11.5 Å². The second-order valence-electron chi connectivity index (χ2n) is 11.3. The summed E-state index contributed by atoms with van der Waals surface area (Å²) in [6.45, 7) is 4.76. The molecule has 0 saturated carbocycles. The smallest absolute Gasteiger partial charge is 0.367 e.